The topological polar surface area (TPSA) is 132 Å². The summed E-state index contributed by atoms with van der Waals surface area (Å²) in [5, 5.41) is 21.3. The van der Waals surface area contributed by atoms with Crippen molar-refractivity contribution < 1.29 is 19.1 Å². The molecule has 1 atom stereocenters. The third-order valence-corrected chi connectivity index (χ3v) is 13.6. The number of fused-ring (bicyclic) bond motifs is 4. The Labute approximate surface area is 346 Å². The van der Waals surface area contributed by atoms with Crippen LogP contribution in [0.1, 0.15) is 72.9 Å². The molecule has 0 unspecified atom stereocenters. The molecule has 0 radical (unpaired) electrons. The molecule has 5 heterocycles. The molecule has 58 heavy (non-hydrogen) atoms. The van der Waals surface area contributed by atoms with E-state index in [1.165, 1.54) is 6.08 Å². The van der Waals surface area contributed by atoms with Gasteiger partial charge in [0.2, 0.25) is 5.91 Å². The molecule has 9 rings (SSSR count). The average molecular weight is 821 g/mol. The minimum absolute atomic E-state index is 0.0844. The van der Waals surface area contributed by atoms with Crippen LogP contribution in [0.3, 0.4) is 0 Å². The van der Waals surface area contributed by atoms with Gasteiger partial charge < -0.3 is 21.1 Å². The van der Waals surface area contributed by atoms with Gasteiger partial charge in [-0.1, -0.05) is 53.5 Å². The van der Waals surface area contributed by atoms with Crippen LogP contribution in [-0.2, 0) is 29.1 Å². The fourth-order valence-corrected chi connectivity index (χ4v) is 10.2. The summed E-state index contributed by atoms with van der Waals surface area (Å²) in [4.78, 5) is 39.7. The van der Waals surface area contributed by atoms with E-state index >= 15 is 4.39 Å². The summed E-state index contributed by atoms with van der Waals surface area (Å²) in [6.45, 7) is 3.80. The zero-order chi connectivity index (χ0) is 40.0. The van der Waals surface area contributed by atoms with Gasteiger partial charge in [0.05, 0.1) is 26.8 Å². The Bertz CT molecular complexity index is 2470. The Kier molecular flexibility index (Phi) is 10.4. The normalized spacial score (nSPS) is 23.0. The van der Waals surface area contributed by atoms with Crippen LogP contribution < -0.4 is 16.0 Å². The highest BCUT2D eigenvalue weighted by Crippen LogP contribution is 2.62. The third kappa shape index (κ3) is 7.56. The van der Waals surface area contributed by atoms with Gasteiger partial charge in [0.15, 0.2) is 5.82 Å². The van der Waals surface area contributed by atoms with E-state index in [0.717, 1.165) is 86.7 Å². The van der Waals surface area contributed by atoms with E-state index in [-0.39, 0.29) is 23.1 Å². The fraction of sp³-hybridized carbons (Fsp3) is 0.356. The van der Waals surface area contributed by atoms with Crippen molar-refractivity contribution in [2.45, 2.75) is 70.5 Å². The molecule has 298 valence electrons. The second-order valence-corrected chi connectivity index (χ2v) is 17.3. The highest BCUT2D eigenvalue weighted by atomic mass is 35.5. The number of pyridine rings is 3. The van der Waals surface area contributed by atoms with Crippen LogP contribution in [-0.4, -0.2) is 62.5 Å². The van der Waals surface area contributed by atoms with Gasteiger partial charge in [0, 0.05) is 80.3 Å². The first-order valence-electron chi connectivity index (χ1n) is 20.0. The zero-order valence-corrected chi connectivity index (χ0v) is 33.5. The van der Waals surface area contributed by atoms with Gasteiger partial charge in [-0.25, -0.2) is 9.37 Å². The number of carbonyl (C=O) groups is 2. The molecule has 13 heteroatoms. The van der Waals surface area contributed by atoms with Gasteiger partial charge in [0.1, 0.15) is 11.3 Å². The third-order valence-electron chi connectivity index (χ3n) is 12.7. The molecule has 2 saturated carbocycles. The van der Waals surface area contributed by atoms with E-state index in [4.69, 9.17) is 28.2 Å². The maximum absolute atomic E-state index is 15.9. The molecule has 2 aromatic carbocycles. The molecule has 4 aliphatic rings. The largest absolute Gasteiger partial charge is 0.481 e. The molecular weight excluding hydrogens is 776 g/mol. The Hall–Kier alpha value is -4.94. The number of carboxylic acids is 1. The predicted octanol–water partition coefficient (Wildman–Crippen LogP) is 8.97. The van der Waals surface area contributed by atoms with Crippen molar-refractivity contribution in [3.05, 3.63) is 111 Å². The van der Waals surface area contributed by atoms with Crippen LogP contribution in [0.25, 0.3) is 33.9 Å². The lowest BCUT2D eigenvalue weighted by atomic mass is 9.81. The lowest BCUT2D eigenvalue weighted by Crippen LogP contribution is -2.38. The van der Waals surface area contributed by atoms with Crippen molar-refractivity contribution in [1.82, 2.24) is 30.5 Å². The van der Waals surface area contributed by atoms with Crippen molar-refractivity contribution in [1.29, 1.82) is 0 Å². The minimum Gasteiger partial charge on any atom is -0.481 e. The standard InChI is InChI=1S/C45H44Cl2FN7O3/c46-39-29(18-35(48)37-19-28-10-16-55(24-31(28)22-51-37)26-44-11-13-45(25-44,14-12-44)43(57)58)3-1-4-33(39)34-5-2-6-36(40(34)47)54-42-41-30(9-15-50-42)17-27(21-52-41)20-49-23-32-7-8-38(56)53-32/h1-6,9,15,17-19,21-22,32,49H,7-8,10-14,16,20,23-26H2,(H,50,54)(H,53,56)(H,57,58)/b35-18-/t32-,44?,45?/m0/s1. The Morgan fingerprint density at radius 2 is 1.79 bits per heavy atom. The summed E-state index contributed by atoms with van der Waals surface area (Å²) >= 11 is 14.0. The lowest BCUT2D eigenvalue weighted by molar-refractivity contribution is -0.148. The Morgan fingerprint density at radius 3 is 2.57 bits per heavy atom. The smallest absolute Gasteiger partial charge is 0.309 e. The highest BCUT2D eigenvalue weighted by molar-refractivity contribution is 6.39. The number of halogens is 3. The molecule has 4 N–H and O–H groups in total. The van der Waals surface area contributed by atoms with E-state index in [2.05, 4.69) is 36.9 Å². The number of anilines is 2. The van der Waals surface area contributed by atoms with E-state index in [9.17, 15) is 14.7 Å². The average Bonchev–Trinajstić information content (AvgIpc) is 3.93. The van der Waals surface area contributed by atoms with Crippen molar-refractivity contribution >= 4 is 69.4 Å². The number of aliphatic carboxylic acids is 1. The molecule has 3 aromatic heterocycles. The first-order valence-corrected chi connectivity index (χ1v) is 20.7. The second kappa shape index (κ2) is 15.7. The number of amides is 1. The van der Waals surface area contributed by atoms with Gasteiger partial charge in [-0.2, -0.15) is 0 Å². The molecule has 10 nitrogen and oxygen atoms in total. The van der Waals surface area contributed by atoms with Gasteiger partial charge in [-0.3, -0.25) is 24.5 Å². The molecule has 2 bridgehead atoms. The van der Waals surface area contributed by atoms with Crippen LogP contribution in [0.15, 0.2) is 73.2 Å². The molecular formula is C45H44Cl2FN7O3. The summed E-state index contributed by atoms with van der Waals surface area (Å²) in [5.41, 5.74) is 6.13. The van der Waals surface area contributed by atoms with Crippen molar-refractivity contribution in [2.75, 3.05) is 25.0 Å². The van der Waals surface area contributed by atoms with Crippen molar-refractivity contribution in [3.63, 3.8) is 0 Å². The summed E-state index contributed by atoms with van der Waals surface area (Å²) in [5.74, 6) is -0.466. The summed E-state index contributed by atoms with van der Waals surface area (Å²) in [6, 6.07) is 17.0. The predicted molar refractivity (Wildman–Crippen MR) is 225 cm³/mol. The van der Waals surface area contributed by atoms with Crippen LogP contribution in [0, 0.1) is 10.8 Å². The number of hydrogen-bond acceptors (Lipinski definition) is 8. The number of hydrogen-bond donors (Lipinski definition) is 4. The molecule has 5 aromatic rings. The van der Waals surface area contributed by atoms with Gasteiger partial charge >= 0.3 is 5.97 Å². The fourth-order valence-electron chi connectivity index (χ4n) is 9.63. The van der Waals surface area contributed by atoms with E-state index in [1.54, 1.807) is 18.5 Å². The quantitative estimate of drug-likeness (QED) is 0.0974. The van der Waals surface area contributed by atoms with E-state index < -0.39 is 17.2 Å². The summed E-state index contributed by atoms with van der Waals surface area (Å²) < 4.78 is 15.9. The first kappa shape index (κ1) is 38.6. The highest BCUT2D eigenvalue weighted by Gasteiger charge is 2.58. The monoisotopic (exact) mass is 819 g/mol. The van der Waals surface area contributed by atoms with Crippen LogP contribution in [0.4, 0.5) is 15.9 Å². The lowest BCUT2D eigenvalue weighted by Gasteiger charge is -2.36. The van der Waals surface area contributed by atoms with Crippen LogP contribution in [0.5, 0.6) is 0 Å². The molecule has 2 aliphatic heterocycles. The maximum Gasteiger partial charge on any atom is 0.309 e. The van der Waals surface area contributed by atoms with Crippen molar-refractivity contribution in [2.24, 2.45) is 10.8 Å². The number of rotatable bonds is 12. The molecule has 0 spiro atoms. The zero-order valence-electron chi connectivity index (χ0n) is 32.0. The van der Waals surface area contributed by atoms with Gasteiger partial charge in [-0.05, 0) is 103 Å². The Balaban J connectivity index is 0.884. The number of benzene rings is 2. The summed E-state index contributed by atoms with van der Waals surface area (Å²) in [6.07, 6.45) is 13.2. The van der Waals surface area contributed by atoms with Crippen LogP contribution in [0.2, 0.25) is 10.0 Å². The SMILES string of the molecule is O=C1CC[C@@H](CNCc2cnc3c(Nc4cccc(-c5cccc(/C=C(\F)c6cc7c(cn6)CN(CC68CCC(C(=O)O)(CC6)C8)CC7)c5Cl)c4Cl)nccc3c2)N1. The number of aromatic nitrogens is 3. The molecule has 1 saturated heterocycles. The first-order chi connectivity index (χ1) is 28.1. The Morgan fingerprint density at radius 1 is 0.983 bits per heavy atom. The maximum atomic E-state index is 15.9. The minimum atomic E-state index is -0.636. The number of carboxylic acid groups (broad SMARTS) is 1. The van der Waals surface area contributed by atoms with Gasteiger partial charge in [0.25, 0.3) is 0 Å². The number of nitrogens with one attached hydrogen (secondary N) is 3. The van der Waals surface area contributed by atoms with Crippen LogP contribution >= 0.6 is 23.2 Å². The van der Waals surface area contributed by atoms with Gasteiger partial charge in [-0.15, -0.1) is 0 Å². The number of carbonyl (C=O) groups excluding carboxylic acids is 1. The number of nitrogens with zero attached hydrogens (tertiary/aromatic N) is 4. The summed E-state index contributed by atoms with van der Waals surface area (Å²) in [7, 11) is 0. The van der Waals surface area contributed by atoms with E-state index in [1.807, 2.05) is 48.7 Å². The molecule has 1 amide bonds. The molecule has 3 fully saturated rings. The molecule has 2 aliphatic carbocycles. The van der Waals surface area contributed by atoms with E-state index in [0.29, 0.717) is 63.3 Å². The second-order valence-electron chi connectivity index (χ2n) is 16.6. The van der Waals surface area contributed by atoms with Crippen molar-refractivity contribution in [3.8, 4) is 11.1 Å².